The maximum Gasteiger partial charge on any atom is 0.0262 e. The largest absolute Gasteiger partial charge is 0.402 e. The Morgan fingerprint density at radius 3 is 2.94 bits per heavy atom. The van der Waals surface area contributed by atoms with Crippen molar-refractivity contribution in [3.05, 3.63) is 58.0 Å². The minimum atomic E-state index is 0.115. The number of nitrogens with two attached hydrogens (primary N) is 1. The third-order valence-corrected chi connectivity index (χ3v) is 4.82. The fourth-order valence-electron chi connectivity index (χ4n) is 2.17. The standard InChI is InChI=1S/C14H17NS/c1-4-5-6-12-10(2)14(3)9-11(15)7-8-13(14)16-12/h4-8H,1,9,15H2,2-3H3/b6-5-. The lowest BCUT2D eigenvalue weighted by molar-refractivity contribution is 0.495. The summed E-state index contributed by atoms with van der Waals surface area (Å²) in [5, 5.41) is 0. The van der Waals surface area contributed by atoms with Crippen molar-refractivity contribution in [3.63, 3.8) is 0 Å². The van der Waals surface area contributed by atoms with Crippen molar-refractivity contribution in [2.24, 2.45) is 11.1 Å². The van der Waals surface area contributed by atoms with Crippen LogP contribution in [0.25, 0.3) is 0 Å². The van der Waals surface area contributed by atoms with Crippen molar-refractivity contribution in [2.75, 3.05) is 0 Å². The molecule has 16 heavy (non-hydrogen) atoms. The second-order valence-electron chi connectivity index (χ2n) is 4.47. The fourth-order valence-corrected chi connectivity index (χ4v) is 3.51. The summed E-state index contributed by atoms with van der Waals surface area (Å²) in [7, 11) is 0. The van der Waals surface area contributed by atoms with Crippen LogP contribution in [0.15, 0.2) is 58.0 Å². The van der Waals surface area contributed by atoms with Crippen LogP contribution in [0.1, 0.15) is 20.3 Å². The lowest BCUT2D eigenvalue weighted by atomic mass is 9.76. The van der Waals surface area contributed by atoms with Crippen LogP contribution in [-0.2, 0) is 0 Å². The van der Waals surface area contributed by atoms with Crippen molar-refractivity contribution in [1.82, 2.24) is 0 Å². The molecule has 1 nitrogen and oxygen atoms in total. The van der Waals surface area contributed by atoms with Crippen molar-refractivity contribution in [1.29, 1.82) is 0 Å². The molecule has 0 aromatic heterocycles. The van der Waals surface area contributed by atoms with E-state index in [1.807, 2.05) is 30.0 Å². The van der Waals surface area contributed by atoms with Gasteiger partial charge in [-0.1, -0.05) is 37.4 Å². The average molecular weight is 231 g/mol. The number of thioether (sulfide) groups is 1. The summed E-state index contributed by atoms with van der Waals surface area (Å²) < 4.78 is 0. The van der Waals surface area contributed by atoms with Gasteiger partial charge in [0.25, 0.3) is 0 Å². The van der Waals surface area contributed by atoms with Gasteiger partial charge in [-0.25, -0.2) is 0 Å². The van der Waals surface area contributed by atoms with Gasteiger partial charge in [0.2, 0.25) is 0 Å². The minimum Gasteiger partial charge on any atom is -0.402 e. The molecule has 0 radical (unpaired) electrons. The van der Waals surface area contributed by atoms with E-state index >= 15 is 0 Å². The number of rotatable bonds is 2. The number of fused-ring (bicyclic) bond motifs is 1. The Kier molecular flexibility index (Phi) is 2.85. The molecule has 84 valence electrons. The van der Waals surface area contributed by atoms with Gasteiger partial charge < -0.3 is 5.73 Å². The molecular formula is C14H17NS. The summed E-state index contributed by atoms with van der Waals surface area (Å²) in [4.78, 5) is 2.74. The van der Waals surface area contributed by atoms with Crippen LogP contribution in [-0.4, -0.2) is 0 Å². The van der Waals surface area contributed by atoms with Crippen LogP contribution < -0.4 is 5.73 Å². The maximum absolute atomic E-state index is 5.93. The SMILES string of the molecule is C=C/C=C\C1=C(C)C2(C)CC(N)=CC=C2S1. The highest BCUT2D eigenvalue weighted by molar-refractivity contribution is 8.07. The molecule has 2 rings (SSSR count). The second kappa shape index (κ2) is 4.02. The number of hydrogen-bond donors (Lipinski definition) is 1. The molecule has 0 saturated heterocycles. The van der Waals surface area contributed by atoms with Gasteiger partial charge in [0, 0.05) is 27.3 Å². The highest BCUT2D eigenvalue weighted by Crippen LogP contribution is 2.57. The third-order valence-electron chi connectivity index (χ3n) is 3.35. The van der Waals surface area contributed by atoms with E-state index < -0.39 is 0 Å². The lowest BCUT2D eigenvalue weighted by Gasteiger charge is -2.30. The highest BCUT2D eigenvalue weighted by atomic mass is 32.2. The molecule has 1 atom stereocenters. The summed E-state index contributed by atoms with van der Waals surface area (Å²) in [5.41, 5.74) is 8.44. The van der Waals surface area contributed by atoms with Crippen molar-refractivity contribution < 1.29 is 0 Å². The zero-order chi connectivity index (χ0) is 11.8. The van der Waals surface area contributed by atoms with Crippen LogP contribution in [0.3, 0.4) is 0 Å². The van der Waals surface area contributed by atoms with Gasteiger partial charge in [-0.05, 0) is 30.7 Å². The molecule has 1 heterocycles. The first kappa shape index (κ1) is 11.3. The van der Waals surface area contributed by atoms with E-state index in [4.69, 9.17) is 5.73 Å². The lowest BCUT2D eigenvalue weighted by Crippen LogP contribution is -2.22. The van der Waals surface area contributed by atoms with E-state index in [0.29, 0.717) is 0 Å². The summed E-state index contributed by atoms with van der Waals surface area (Å²) in [6.45, 7) is 8.18. The van der Waals surface area contributed by atoms with Crippen LogP contribution in [0, 0.1) is 5.41 Å². The summed E-state index contributed by atoms with van der Waals surface area (Å²) in [6.07, 6.45) is 11.0. The molecule has 2 aliphatic rings. The molecular weight excluding hydrogens is 214 g/mol. The van der Waals surface area contributed by atoms with E-state index in [-0.39, 0.29) is 5.41 Å². The summed E-state index contributed by atoms with van der Waals surface area (Å²) in [6, 6.07) is 0. The Morgan fingerprint density at radius 1 is 1.50 bits per heavy atom. The van der Waals surface area contributed by atoms with Gasteiger partial charge in [-0.2, -0.15) is 0 Å². The first-order valence-corrected chi connectivity index (χ1v) is 6.24. The van der Waals surface area contributed by atoms with E-state index in [9.17, 15) is 0 Å². The van der Waals surface area contributed by atoms with E-state index in [1.54, 1.807) is 0 Å². The predicted octanol–water partition coefficient (Wildman–Crippen LogP) is 3.89. The van der Waals surface area contributed by atoms with Gasteiger partial charge in [0.15, 0.2) is 0 Å². The van der Waals surface area contributed by atoms with E-state index in [1.165, 1.54) is 15.4 Å². The van der Waals surface area contributed by atoms with Crippen LogP contribution in [0.2, 0.25) is 0 Å². The molecule has 0 spiro atoms. The second-order valence-corrected chi connectivity index (χ2v) is 5.55. The summed E-state index contributed by atoms with van der Waals surface area (Å²) in [5.74, 6) is 0. The minimum absolute atomic E-state index is 0.115. The van der Waals surface area contributed by atoms with Crippen LogP contribution >= 0.6 is 11.8 Å². The van der Waals surface area contributed by atoms with Gasteiger partial charge in [0.1, 0.15) is 0 Å². The van der Waals surface area contributed by atoms with E-state index in [0.717, 1.165) is 12.1 Å². The van der Waals surface area contributed by atoms with Crippen LogP contribution in [0.4, 0.5) is 0 Å². The molecule has 2 N–H and O–H groups in total. The maximum atomic E-state index is 5.93. The van der Waals surface area contributed by atoms with Gasteiger partial charge in [-0.15, -0.1) is 0 Å². The zero-order valence-corrected chi connectivity index (χ0v) is 10.6. The quantitative estimate of drug-likeness (QED) is 0.730. The smallest absolute Gasteiger partial charge is 0.0262 e. The zero-order valence-electron chi connectivity index (χ0n) is 9.79. The molecule has 2 heteroatoms. The Bertz CT molecular complexity index is 451. The monoisotopic (exact) mass is 231 g/mol. The van der Waals surface area contributed by atoms with Crippen molar-refractivity contribution >= 4 is 11.8 Å². The molecule has 0 aromatic carbocycles. The van der Waals surface area contributed by atoms with Crippen molar-refractivity contribution in [2.45, 2.75) is 20.3 Å². The Balaban J connectivity index is 2.39. The summed E-state index contributed by atoms with van der Waals surface area (Å²) >= 11 is 1.85. The topological polar surface area (TPSA) is 26.0 Å². The first-order valence-electron chi connectivity index (χ1n) is 5.43. The molecule has 1 unspecified atom stereocenters. The van der Waals surface area contributed by atoms with E-state index in [2.05, 4.69) is 32.6 Å². The molecule has 0 bridgehead atoms. The molecule has 0 saturated carbocycles. The molecule has 0 aromatic rings. The average Bonchev–Trinajstić information content (AvgIpc) is 2.49. The third kappa shape index (κ3) is 1.67. The van der Waals surface area contributed by atoms with Gasteiger partial charge in [0.05, 0.1) is 0 Å². The van der Waals surface area contributed by atoms with Gasteiger partial charge >= 0.3 is 0 Å². The Labute approximate surface area is 101 Å². The normalized spacial score (nSPS) is 29.1. The number of hydrogen-bond acceptors (Lipinski definition) is 2. The molecule has 0 amide bonds. The molecule has 1 aliphatic carbocycles. The Hall–Kier alpha value is -1.15. The van der Waals surface area contributed by atoms with Crippen molar-refractivity contribution in [3.8, 4) is 0 Å². The fraction of sp³-hybridized carbons (Fsp3) is 0.286. The highest BCUT2D eigenvalue weighted by Gasteiger charge is 2.40. The number of allylic oxidation sites excluding steroid dienone is 8. The predicted molar refractivity (Wildman–Crippen MR) is 72.7 cm³/mol. The van der Waals surface area contributed by atoms with Crippen LogP contribution in [0.5, 0.6) is 0 Å². The first-order chi connectivity index (χ1) is 7.58. The van der Waals surface area contributed by atoms with Gasteiger partial charge in [-0.3, -0.25) is 0 Å². The molecule has 1 aliphatic heterocycles. The Morgan fingerprint density at radius 2 is 2.25 bits per heavy atom. The molecule has 0 fully saturated rings.